The third-order valence-corrected chi connectivity index (χ3v) is 1.02. The van der Waals surface area contributed by atoms with Crippen LogP contribution >= 0.6 is 0 Å². The van der Waals surface area contributed by atoms with Crippen LogP contribution < -0.4 is 0 Å². The Morgan fingerprint density at radius 2 is 1.93 bits per heavy atom. The second-order valence-corrected chi connectivity index (χ2v) is 2.26. The van der Waals surface area contributed by atoms with Crippen molar-refractivity contribution < 1.29 is 23.9 Å². The van der Waals surface area contributed by atoms with Crippen LogP contribution in [0.2, 0.25) is 0 Å². The Hall–Kier alpha value is -2.13. The van der Waals surface area contributed by atoms with E-state index in [0.29, 0.717) is 0 Å². The Kier molecular flexibility index (Phi) is 6.26. The van der Waals surface area contributed by atoms with Crippen molar-refractivity contribution in [2.24, 2.45) is 0 Å². The van der Waals surface area contributed by atoms with E-state index in [0.717, 1.165) is 12.2 Å². The molecule has 5 heteroatoms. The van der Waals surface area contributed by atoms with Crippen LogP contribution in [-0.2, 0) is 23.9 Å². The Balaban J connectivity index is 0.000000262. The molecule has 1 rings (SSSR count). The van der Waals surface area contributed by atoms with Crippen LogP contribution in [0.4, 0.5) is 0 Å². The van der Waals surface area contributed by atoms with Gasteiger partial charge in [-0.05, 0) is 13.0 Å². The van der Waals surface area contributed by atoms with Gasteiger partial charge in [0, 0.05) is 19.1 Å². The zero-order chi connectivity index (χ0) is 11.7. The van der Waals surface area contributed by atoms with E-state index in [1.807, 2.05) is 0 Å². The highest BCUT2D eigenvalue weighted by Crippen LogP contribution is 1.92. The highest BCUT2D eigenvalue weighted by atomic mass is 16.6. The number of allylic oxidation sites excluding steroid dienone is 1. The summed E-state index contributed by atoms with van der Waals surface area (Å²) in [6.45, 7) is 3.13. The molecule has 0 saturated carbocycles. The van der Waals surface area contributed by atoms with Crippen LogP contribution in [0.1, 0.15) is 13.8 Å². The molecule has 0 bridgehead atoms. The summed E-state index contributed by atoms with van der Waals surface area (Å²) in [6.07, 6.45) is 5.05. The number of esters is 3. The van der Waals surface area contributed by atoms with Gasteiger partial charge in [0.25, 0.3) is 0 Å². The van der Waals surface area contributed by atoms with Crippen molar-refractivity contribution in [2.75, 3.05) is 0 Å². The highest BCUT2D eigenvalue weighted by Gasteiger charge is 2.10. The molecular weight excluding hydrogens is 200 g/mol. The summed E-state index contributed by atoms with van der Waals surface area (Å²) in [5, 5.41) is 0. The van der Waals surface area contributed by atoms with E-state index in [-0.39, 0.29) is 5.97 Å². The van der Waals surface area contributed by atoms with Crippen molar-refractivity contribution in [1.29, 1.82) is 0 Å². The lowest BCUT2D eigenvalue weighted by molar-refractivity contribution is -0.150. The van der Waals surface area contributed by atoms with Gasteiger partial charge in [-0.3, -0.25) is 4.79 Å². The van der Waals surface area contributed by atoms with E-state index >= 15 is 0 Å². The molecule has 0 spiro atoms. The van der Waals surface area contributed by atoms with Crippen LogP contribution in [0.25, 0.3) is 0 Å². The molecule has 15 heavy (non-hydrogen) atoms. The molecule has 1 aliphatic heterocycles. The number of cyclic esters (lactones) is 2. The van der Waals surface area contributed by atoms with Crippen LogP contribution in [0.5, 0.6) is 0 Å². The second-order valence-electron chi connectivity index (χ2n) is 2.26. The van der Waals surface area contributed by atoms with Gasteiger partial charge in [-0.15, -0.1) is 0 Å². The molecule has 0 aliphatic carbocycles. The molecule has 0 atom stereocenters. The van der Waals surface area contributed by atoms with Gasteiger partial charge in [0.1, 0.15) is 6.26 Å². The smallest absolute Gasteiger partial charge is 0.338 e. The summed E-state index contributed by atoms with van der Waals surface area (Å²) in [7, 11) is 0. The molecule has 1 aliphatic rings. The lowest BCUT2D eigenvalue weighted by Gasteiger charge is -1.83. The van der Waals surface area contributed by atoms with E-state index in [9.17, 15) is 14.4 Å². The number of ether oxygens (including phenoxy) is 2. The molecule has 0 amide bonds. The minimum absolute atomic E-state index is 0.320. The van der Waals surface area contributed by atoms with Crippen molar-refractivity contribution in [1.82, 2.24) is 0 Å². The molecule has 0 aromatic carbocycles. The molecule has 0 radical (unpaired) electrons. The average molecular weight is 210 g/mol. The quantitative estimate of drug-likeness (QED) is 0.278. The molecule has 0 fully saturated rings. The lowest BCUT2D eigenvalue weighted by atomic mass is 10.6. The van der Waals surface area contributed by atoms with E-state index < -0.39 is 11.9 Å². The largest absolute Gasteiger partial charge is 0.426 e. The molecule has 0 aromatic rings. The lowest BCUT2D eigenvalue weighted by Crippen LogP contribution is -1.96. The number of rotatable bonds is 1. The number of hydrogen-bond donors (Lipinski definition) is 0. The maximum atomic E-state index is 10.0. The first-order valence-corrected chi connectivity index (χ1v) is 4.03. The maximum absolute atomic E-state index is 10.0. The molecular formula is C10H10O5. The first kappa shape index (κ1) is 12.9. The molecule has 1 heterocycles. The third kappa shape index (κ3) is 8.21. The number of carbonyl (C=O) groups is 3. The van der Waals surface area contributed by atoms with E-state index in [1.54, 1.807) is 13.0 Å². The average Bonchev–Trinajstić information content (AvgIpc) is 2.51. The molecule has 0 aromatic heterocycles. The summed E-state index contributed by atoms with van der Waals surface area (Å²) in [5.74, 6) is -1.48. The zero-order valence-electron chi connectivity index (χ0n) is 8.35. The fourth-order valence-electron chi connectivity index (χ4n) is 0.488. The minimum Gasteiger partial charge on any atom is -0.426 e. The van der Waals surface area contributed by atoms with Crippen LogP contribution in [0.15, 0.2) is 30.2 Å². The van der Waals surface area contributed by atoms with Gasteiger partial charge in [0.15, 0.2) is 0 Å². The predicted octanol–water partition coefficient (Wildman–Crippen LogP) is 0.864. The van der Waals surface area contributed by atoms with Crippen molar-refractivity contribution in [3.63, 3.8) is 0 Å². The standard InChI is InChI=1S/C6H8O2.C4H2O3/c1-3-4-5-8-6(2)7;5-3-1-2-4(6)7-3/h3,5H,1-2H3;1-2H. The Bertz CT molecular complexity index is 329. The van der Waals surface area contributed by atoms with E-state index in [1.165, 1.54) is 13.2 Å². The fraction of sp³-hybridized carbons (Fsp3) is 0.200. The first-order chi connectivity index (χ1) is 7.06. The van der Waals surface area contributed by atoms with Gasteiger partial charge in [-0.1, -0.05) is 5.73 Å². The molecule has 80 valence electrons. The maximum Gasteiger partial charge on any atom is 0.338 e. The number of carbonyl (C=O) groups excluding carboxylic acids is 3. The number of hydrogen-bond acceptors (Lipinski definition) is 5. The summed E-state index contributed by atoms with van der Waals surface area (Å²) in [4.78, 5) is 29.9. The van der Waals surface area contributed by atoms with Gasteiger partial charge >= 0.3 is 17.9 Å². The van der Waals surface area contributed by atoms with Crippen molar-refractivity contribution in [3.8, 4) is 0 Å². The summed E-state index contributed by atoms with van der Waals surface area (Å²) in [5.41, 5.74) is 2.59. The predicted molar refractivity (Wildman–Crippen MR) is 50.3 cm³/mol. The monoisotopic (exact) mass is 210 g/mol. The summed E-state index contributed by atoms with van der Waals surface area (Å²) >= 11 is 0. The fourth-order valence-corrected chi connectivity index (χ4v) is 0.488. The highest BCUT2D eigenvalue weighted by molar-refractivity contribution is 6.04. The Morgan fingerprint density at radius 3 is 2.20 bits per heavy atom. The SMILES string of the molecule is CC=C=COC(C)=O.O=C1C=CC(=O)O1. The van der Waals surface area contributed by atoms with Crippen LogP contribution in [-0.4, -0.2) is 17.9 Å². The topological polar surface area (TPSA) is 69.7 Å². The van der Waals surface area contributed by atoms with E-state index in [2.05, 4.69) is 15.2 Å². The summed E-state index contributed by atoms with van der Waals surface area (Å²) in [6, 6.07) is 0. The second kappa shape index (κ2) is 7.29. The molecule has 0 N–H and O–H groups in total. The van der Waals surface area contributed by atoms with Gasteiger partial charge in [0.05, 0.1) is 0 Å². The zero-order valence-corrected chi connectivity index (χ0v) is 8.35. The van der Waals surface area contributed by atoms with Gasteiger partial charge in [-0.25, -0.2) is 9.59 Å². The molecule has 0 saturated heterocycles. The minimum atomic E-state index is -0.579. The van der Waals surface area contributed by atoms with Crippen molar-refractivity contribution in [3.05, 3.63) is 30.2 Å². The van der Waals surface area contributed by atoms with Gasteiger partial charge in [0.2, 0.25) is 0 Å². The van der Waals surface area contributed by atoms with Gasteiger partial charge < -0.3 is 9.47 Å². The van der Waals surface area contributed by atoms with Crippen LogP contribution in [0, 0.1) is 0 Å². The van der Waals surface area contributed by atoms with Crippen molar-refractivity contribution in [2.45, 2.75) is 13.8 Å². The first-order valence-electron chi connectivity index (χ1n) is 4.03. The normalized spacial score (nSPS) is 11.9. The molecule has 5 nitrogen and oxygen atoms in total. The van der Waals surface area contributed by atoms with Gasteiger partial charge in [-0.2, -0.15) is 0 Å². The Morgan fingerprint density at radius 1 is 1.40 bits per heavy atom. The van der Waals surface area contributed by atoms with Crippen LogP contribution in [0.3, 0.4) is 0 Å². The summed E-state index contributed by atoms with van der Waals surface area (Å²) < 4.78 is 8.35. The third-order valence-electron chi connectivity index (χ3n) is 1.02. The molecule has 0 unspecified atom stereocenters. The van der Waals surface area contributed by atoms with Crippen molar-refractivity contribution >= 4 is 17.9 Å². The van der Waals surface area contributed by atoms with E-state index in [4.69, 9.17) is 0 Å². The Labute approximate surface area is 86.7 Å².